The minimum Gasteiger partial charge on any atom is -0.368 e. The zero-order valence-corrected chi connectivity index (χ0v) is 16.3. The first kappa shape index (κ1) is 19.9. The van der Waals surface area contributed by atoms with Gasteiger partial charge in [-0.3, -0.25) is 9.59 Å². The quantitative estimate of drug-likeness (QED) is 0.864. The van der Waals surface area contributed by atoms with Crippen LogP contribution in [-0.2, 0) is 4.79 Å². The van der Waals surface area contributed by atoms with Crippen molar-refractivity contribution in [3.63, 3.8) is 0 Å². The molecular formula is C22H26FN3O2. The summed E-state index contributed by atoms with van der Waals surface area (Å²) in [5, 5.41) is 2.83. The standard InChI is InChI=1S/C22H26FN3O2/c1-16(2)20(24-21(27)17-8-10-18(23)11-9-17)22(28)26-14-12-25(13-15-26)19-6-4-3-5-7-19/h3-11,16,20H,12-15H2,1-2H3,(H,24,27)/t20-/m0/s1. The Kier molecular flexibility index (Phi) is 6.29. The second-order valence-corrected chi connectivity index (χ2v) is 7.35. The van der Waals surface area contributed by atoms with Crippen molar-refractivity contribution in [2.75, 3.05) is 31.1 Å². The zero-order valence-electron chi connectivity index (χ0n) is 16.3. The van der Waals surface area contributed by atoms with Crippen LogP contribution >= 0.6 is 0 Å². The molecule has 1 fully saturated rings. The highest BCUT2D eigenvalue weighted by atomic mass is 19.1. The van der Waals surface area contributed by atoms with Crippen molar-refractivity contribution in [1.29, 1.82) is 0 Å². The highest BCUT2D eigenvalue weighted by molar-refractivity contribution is 5.97. The van der Waals surface area contributed by atoms with E-state index in [0.29, 0.717) is 18.7 Å². The number of benzene rings is 2. The van der Waals surface area contributed by atoms with Gasteiger partial charge >= 0.3 is 0 Å². The van der Waals surface area contributed by atoms with Crippen LogP contribution in [-0.4, -0.2) is 48.9 Å². The van der Waals surface area contributed by atoms with Gasteiger partial charge in [0, 0.05) is 37.4 Å². The van der Waals surface area contributed by atoms with Gasteiger partial charge in [-0.05, 0) is 42.3 Å². The predicted molar refractivity (Wildman–Crippen MR) is 108 cm³/mol. The van der Waals surface area contributed by atoms with Crippen molar-refractivity contribution < 1.29 is 14.0 Å². The Labute approximate surface area is 165 Å². The largest absolute Gasteiger partial charge is 0.368 e. The molecule has 3 rings (SSSR count). The van der Waals surface area contributed by atoms with Crippen LogP contribution in [0.5, 0.6) is 0 Å². The first-order valence-corrected chi connectivity index (χ1v) is 9.61. The number of halogens is 1. The zero-order chi connectivity index (χ0) is 20.1. The van der Waals surface area contributed by atoms with Gasteiger partial charge in [0.25, 0.3) is 5.91 Å². The molecule has 1 N–H and O–H groups in total. The third kappa shape index (κ3) is 4.68. The number of para-hydroxylation sites is 1. The second-order valence-electron chi connectivity index (χ2n) is 7.35. The van der Waals surface area contributed by atoms with E-state index < -0.39 is 11.9 Å². The summed E-state index contributed by atoms with van der Waals surface area (Å²) in [5.74, 6) is -0.887. The van der Waals surface area contributed by atoms with Crippen molar-refractivity contribution >= 4 is 17.5 Å². The summed E-state index contributed by atoms with van der Waals surface area (Å²) >= 11 is 0. The Morgan fingerprint density at radius 3 is 2.11 bits per heavy atom. The van der Waals surface area contributed by atoms with Gasteiger partial charge in [-0.25, -0.2) is 4.39 Å². The highest BCUT2D eigenvalue weighted by Gasteiger charge is 2.31. The van der Waals surface area contributed by atoms with Crippen molar-refractivity contribution in [2.24, 2.45) is 5.92 Å². The van der Waals surface area contributed by atoms with Crippen LogP contribution in [0.1, 0.15) is 24.2 Å². The number of amides is 2. The Hall–Kier alpha value is -2.89. The van der Waals surface area contributed by atoms with E-state index in [2.05, 4.69) is 22.3 Å². The lowest BCUT2D eigenvalue weighted by Crippen LogP contribution is -2.56. The predicted octanol–water partition coefficient (Wildman–Crippen LogP) is 2.93. The highest BCUT2D eigenvalue weighted by Crippen LogP contribution is 2.17. The molecule has 1 aliphatic heterocycles. The van der Waals surface area contributed by atoms with Crippen LogP contribution < -0.4 is 10.2 Å². The molecular weight excluding hydrogens is 357 g/mol. The fourth-order valence-electron chi connectivity index (χ4n) is 3.36. The Morgan fingerprint density at radius 2 is 1.54 bits per heavy atom. The van der Waals surface area contributed by atoms with Gasteiger partial charge in [-0.1, -0.05) is 32.0 Å². The number of nitrogens with one attached hydrogen (secondary N) is 1. The third-order valence-corrected chi connectivity index (χ3v) is 5.04. The minimum absolute atomic E-state index is 0.0518. The molecule has 0 unspecified atom stereocenters. The lowest BCUT2D eigenvalue weighted by atomic mass is 10.0. The SMILES string of the molecule is CC(C)[C@H](NC(=O)c1ccc(F)cc1)C(=O)N1CCN(c2ccccc2)CC1. The lowest BCUT2D eigenvalue weighted by Gasteiger charge is -2.38. The van der Waals surface area contributed by atoms with E-state index in [1.807, 2.05) is 36.9 Å². The van der Waals surface area contributed by atoms with Gasteiger partial charge in [-0.2, -0.15) is 0 Å². The maximum Gasteiger partial charge on any atom is 0.251 e. The molecule has 1 atom stereocenters. The number of carbonyl (C=O) groups excluding carboxylic acids is 2. The fraction of sp³-hybridized carbons (Fsp3) is 0.364. The third-order valence-electron chi connectivity index (χ3n) is 5.04. The molecule has 0 spiro atoms. The second kappa shape index (κ2) is 8.87. The summed E-state index contributed by atoms with van der Waals surface area (Å²) in [7, 11) is 0. The van der Waals surface area contributed by atoms with Crippen molar-refractivity contribution in [3.05, 3.63) is 66.0 Å². The van der Waals surface area contributed by atoms with E-state index in [4.69, 9.17) is 0 Å². The van der Waals surface area contributed by atoms with Crippen LogP contribution in [0.4, 0.5) is 10.1 Å². The molecule has 0 saturated carbocycles. The molecule has 0 radical (unpaired) electrons. The Bertz CT molecular complexity index is 800. The normalized spacial score (nSPS) is 15.4. The molecule has 0 aliphatic carbocycles. The summed E-state index contributed by atoms with van der Waals surface area (Å²) in [5.41, 5.74) is 1.49. The molecule has 1 aliphatic rings. The van der Waals surface area contributed by atoms with Gasteiger partial charge in [0.1, 0.15) is 11.9 Å². The number of hydrogen-bond donors (Lipinski definition) is 1. The monoisotopic (exact) mass is 383 g/mol. The molecule has 148 valence electrons. The number of hydrogen-bond acceptors (Lipinski definition) is 3. The first-order valence-electron chi connectivity index (χ1n) is 9.61. The minimum atomic E-state index is -0.610. The number of nitrogens with zero attached hydrogens (tertiary/aromatic N) is 2. The smallest absolute Gasteiger partial charge is 0.251 e. The van der Waals surface area contributed by atoms with Gasteiger partial charge in [0.05, 0.1) is 0 Å². The number of rotatable bonds is 5. The molecule has 1 saturated heterocycles. The summed E-state index contributed by atoms with van der Waals surface area (Å²) in [6.45, 7) is 6.56. The molecule has 2 amide bonds. The van der Waals surface area contributed by atoms with E-state index in [0.717, 1.165) is 18.8 Å². The van der Waals surface area contributed by atoms with Gasteiger partial charge < -0.3 is 15.1 Å². The van der Waals surface area contributed by atoms with Crippen molar-refractivity contribution in [1.82, 2.24) is 10.2 Å². The maximum atomic E-state index is 13.1. The molecule has 0 aromatic heterocycles. The molecule has 2 aromatic carbocycles. The average molecular weight is 383 g/mol. The van der Waals surface area contributed by atoms with E-state index in [1.165, 1.54) is 24.3 Å². The Balaban J connectivity index is 1.62. The molecule has 28 heavy (non-hydrogen) atoms. The van der Waals surface area contributed by atoms with Gasteiger partial charge in [-0.15, -0.1) is 0 Å². The first-order chi connectivity index (χ1) is 13.5. The molecule has 1 heterocycles. The van der Waals surface area contributed by atoms with Gasteiger partial charge in [0.15, 0.2) is 0 Å². The lowest BCUT2D eigenvalue weighted by molar-refractivity contribution is -0.134. The summed E-state index contributed by atoms with van der Waals surface area (Å²) in [4.78, 5) is 29.6. The van der Waals surface area contributed by atoms with Crippen LogP contribution in [0.25, 0.3) is 0 Å². The van der Waals surface area contributed by atoms with Gasteiger partial charge in [0.2, 0.25) is 5.91 Å². The number of anilines is 1. The van der Waals surface area contributed by atoms with Crippen LogP contribution in [0.2, 0.25) is 0 Å². The van der Waals surface area contributed by atoms with E-state index in [1.54, 1.807) is 0 Å². The number of piperazine rings is 1. The Morgan fingerprint density at radius 1 is 0.929 bits per heavy atom. The van der Waals surface area contributed by atoms with E-state index in [9.17, 15) is 14.0 Å². The fourth-order valence-corrected chi connectivity index (χ4v) is 3.36. The van der Waals surface area contributed by atoms with Crippen LogP contribution in [0.15, 0.2) is 54.6 Å². The van der Waals surface area contributed by atoms with E-state index >= 15 is 0 Å². The summed E-state index contributed by atoms with van der Waals surface area (Å²) < 4.78 is 13.1. The van der Waals surface area contributed by atoms with Crippen molar-refractivity contribution in [2.45, 2.75) is 19.9 Å². The summed E-state index contributed by atoms with van der Waals surface area (Å²) in [6.07, 6.45) is 0. The van der Waals surface area contributed by atoms with Crippen LogP contribution in [0.3, 0.4) is 0 Å². The molecule has 5 nitrogen and oxygen atoms in total. The average Bonchev–Trinajstić information content (AvgIpc) is 2.72. The van der Waals surface area contributed by atoms with Crippen LogP contribution in [0, 0.1) is 11.7 Å². The van der Waals surface area contributed by atoms with E-state index in [-0.39, 0.29) is 17.7 Å². The topological polar surface area (TPSA) is 52.7 Å². The molecule has 0 bridgehead atoms. The maximum absolute atomic E-state index is 13.1. The number of carbonyl (C=O) groups is 2. The molecule has 2 aromatic rings. The van der Waals surface area contributed by atoms with Crippen molar-refractivity contribution in [3.8, 4) is 0 Å². The summed E-state index contributed by atoms with van der Waals surface area (Å²) in [6, 6.07) is 14.8. The molecule has 6 heteroatoms.